The van der Waals surface area contributed by atoms with Gasteiger partial charge >= 0.3 is 5.97 Å². The van der Waals surface area contributed by atoms with Crippen LogP contribution in [-0.4, -0.2) is 35.9 Å². The zero-order valence-electron chi connectivity index (χ0n) is 16.0. The highest BCUT2D eigenvalue weighted by Gasteiger charge is 2.23. The molecule has 1 aromatic rings. The summed E-state index contributed by atoms with van der Waals surface area (Å²) in [4.78, 5) is 15.9. The summed E-state index contributed by atoms with van der Waals surface area (Å²) in [5.74, 6) is 0.235. The van der Waals surface area contributed by atoms with Gasteiger partial charge < -0.3 is 14.6 Å². The van der Waals surface area contributed by atoms with Gasteiger partial charge in [0.1, 0.15) is 11.1 Å². The Bertz CT molecular complexity index is 490. The van der Waals surface area contributed by atoms with Crippen molar-refractivity contribution in [2.24, 2.45) is 11.8 Å². The minimum atomic E-state index is -0.677. The van der Waals surface area contributed by atoms with Crippen LogP contribution in [0, 0.1) is 11.8 Å². The summed E-state index contributed by atoms with van der Waals surface area (Å²) >= 11 is 1.30. The summed E-state index contributed by atoms with van der Waals surface area (Å²) in [6.07, 6.45) is 4.69. The van der Waals surface area contributed by atoms with Crippen molar-refractivity contribution >= 4 is 17.3 Å². The van der Waals surface area contributed by atoms with Gasteiger partial charge in [0.2, 0.25) is 0 Å². The first-order valence-electron chi connectivity index (χ1n) is 9.37. The molecule has 5 nitrogen and oxygen atoms in total. The Hall–Kier alpha value is -0.980. The number of hydrogen-bond donors (Lipinski definition) is 1. The third-order valence-electron chi connectivity index (χ3n) is 4.23. The Balaban J connectivity index is 2.47. The number of aromatic nitrogens is 1. The summed E-state index contributed by atoms with van der Waals surface area (Å²) < 4.78 is 10.8. The van der Waals surface area contributed by atoms with E-state index in [4.69, 9.17) is 9.47 Å². The quantitative estimate of drug-likeness (QED) is 0.405. The van der Waals surface area contributed by atoms with E-state index in [-0.39, 0.29) is 11.6 Å². The maximum Gasteiger partial charge on any atom is 0.357 e. The first-order chi connectivity index (χ1) is 12.0. The van der Waals surface area contributed by atoms with Crippen LogP contribution in [0.3, 0.4) is 0 Å². The molecule has 0 aliphatic heterocycles. The standard InChI is InChI=1S/C19H33NO4S/c1-5-7-8-9-10-23-12-15(14(3)4)11-17(21)18-20-16(13-25-18)19(22)24-6-2/h13-15,17,21H,5-12H2,1-4H3/t15-,17+/m0/s1. The molecule has 1 rings (SSSR count). The number of aliphatic hydroxyl groups is 1. The van der Waals surface area contributed by atoms with Crippen LogP contribution in [0.4, 0.5) is 0 Å². The van der Waals surface area contributed by atoms with Crippen molar-refractivity contribution in [2.45, 2.75) is 65.9 Å². The molecule has 1 N–H and O–H groups in total. The molecule has 0 unspecified atom stereocenters. The molecule has 0 bridgehead atoms. The van der Waals surface area contributed by atoms with Gasteiger partial charge in [-0.1, -0.05) is 40.0 Å². The number of nitrogens with zero attached hydrogens (tertiary/aromatic N) is 1. The minimum Gasteiger partial charge on any atom is -0.461 e. The second kappa shape index (κ2) is 12.4. The van der Waals surface area contributed by atoms with Gasteiger partial charge in [0.15, 0.2) is 5.69 Å². The number of ether oxygens (including phenoxy) is 2. The Labute approximate surface area is 155 Å². The first-order valence-corrected chi connectivity index (χ1v) is 10.3. The number of thiazole rings is 1. The summed E-state index contributed by atoms with van der Waals surface area (Å²) in [7, 11) is 0. The number of carbonyl (C=O) groups is 1. The van der Waals surface area contributed by atoms with Gasteiger partial charge in [-0.25, -0.2) is 9.78 Å². The summed E-state index contributed by atoms with van der Waals surface area (Å²) in [6, 6.07) is 0. The average Bonchev–Trinajstić information content (AvgIpc) is 3.07. The van der Waals surface area contributed by atoms with Crippen LogP contribution >= 0.6 is 11.3 Å². The van der Waals surface area contributed by atoms with Gasteiger partial charge in [0.05, 0.1) is 6.61 Å². The fourth-order valence-corrected chi connectivity index (χ4v) is 3.31. The smallest absolute Gasteiger partial charge is 0.357 e. The largest absolute Gasteiger partial charge is 0.461 e. The highest BCUT2D eigenvalue weighted by Crippen LogP contribution is 2.28. The van der Waals surface area contributed by atoms with E-state index < -0.39 is 12.1 Å². The van der Waals surface area contributed by atoms with Crippen LogP contribution in [0.1, 0.15) is 81.4 Å². The van der Waals surface area contributed by atoms with Gasteiger partial charge in [0.25, 0.3) is 0 Å². The summed E-state index contributed by atoms with van der Waals surface area (Å²) in [6.45, 7) is 9.99. The summed E-state index contributed by atoms with van der Waals surface area (Å²) in [5, 5.41) is 12.7. The fourth-order valence-electron chi connectivity index (χ4n) is 2.53. The normalized spacial score (nSPS) is 13.8. The molecule has 0 aliphatic carbocycles. The second-order valence-corrected chi connectivity index (χ2v) is 7.57. The number of hydrogen-bond acceptors (Lipinski definition) is 6. The molecule has 6 heteroatoms. The molecule has 0 aliphatic rings. The zero-order valence-corrected chi connectivity index (χ0v) is 16.8. The maximum absolute atomic E-state index is 11.7. The van der Waals surface area contributed by atoms with E-state index in [1.165, 1.54) is 30.6 Å². The van der Waals surface area contributed by atoms with Crippen molar-refractivity contribution in [1.82, 2.24) is 4.98 Å². The lowest BCUT2D eigenvalue weighted by atomic mass is 9.91. The van der Waals surface area contributed by atoms with Gasteiger partial charge in [0, 0.05) is 18.6 Å². The second-order valence-electron chi connectivity index (χ2n) is 6.68. The van der Waals surface area contributed by atoms with Crippen molar-refractivity contribution in [1.29, 1.82) is 0 Å². The lowest BCUT2D eigenvalue weighted by Crippen LogP contribution is -2.19. The van der Waals surface area contributed by atoms with E-state index in [9.17, 15) is 9.90 Å². The van der Waals surface area contributed by atoms with Crippen molar-refractivity contribution in [3.63, 3.8) is 0 Å². The van der Waals surface area contributed by atoms with Crippen molar-refractivity contribution in [3.8, 4) is 0 Å². The number of esters is 1. The van der Waals surface area contributed by atoms with Crippen molar-refractivity contribution < 1.29 is 19.4 Å². The molecule has 144 valence electrons. The van der Waals surface area contributed by atoms with Crippen LogP contribution in [0.15, 0.2) is 5.38 Å². The van der Waals surface area contributed by atoms with E-state index in [0.29, 0.717) is 30.6 Å². The molecule has 25 heavy (non-hydrogen) atoms. The van der Waals surface area contributed by atoms with E-state index in [0.717, 1.165) is 13.0 Å². The van der Waals surface area contributed by atoms with E-state index in [1.54, 1.807) is 12.3 Å². The molecular formula is C19H33NO4S. The van der Waals surface area contributed by atoms with E-state index >= 15 is 0 Å². The molecule has 0 aromatic carbocycles. The van der Waals surface area contributed by atoms with Crippen LogP contribution < -0.4 is 0 Å². The van der Waals surface area contributed by atoms with E-state index in [2.05, 4.69) is 25.8 Å². The highest BCUT2D eigenvalue weighted by atomic mass is 32.1. The van der Waals surface area contributed by atoms with Crippen LogP contribution in [0.25, 0.3) is 0 Å². The van der Waals surface area contributed by atoms with E-state index in [1.807, 2.05) is 0 Å². The predicted molar refractivity (Wildman–Crippen MR) is 101 cm³/mol. The topological polar surface area (TPSA) is 68.7 Å². The van der Waals surface area contributed by atoms with Crippen molar-refractivity contribution in [2.75, 3.05) is 19.8 Å². The Morgan fingerprint density at radius 2 is 2.04 bits per heavy atom. The first kappa shape index (κ1) is 22.1. The van der Waals surface area contributed by atoms with Crippen LogP contribution in [0.5, 0.6) is 0 Å². The molecule has 0 amide bonds. The van der Waals surface area contributed by atoms with Gasteiger partial charge in [-0.15, -0.1) is 11.3 Å². The molecule has 2 atom stereocenters. The van der Waals surface area contributed by atoms with Gasteiger partial charge in [-0.2, -0.15) is 0 Å². The van der Waals surface area contributed by atoms with Crippen LogP contribution in [-0.2, 0) is 9.47 Å². The van der Waals surface area contributed by atoms with Crippen LogP contribution in [0.2, 0.25) is 0 Å². The maximum atomic E-state index is 11.7. The molecule has 0 saturated carbocycles. The zero-order chi connectivity index (χ0) is 18.7. The lowest BCUT2D eigenvalue weighted by molar-refractivity contribution is 0.0475. The monoisotopic (exact) mass is 371 g/mol. The molecule has 0 fully saturated rings. The minimum absolute atomic E-state index is 0.260. The SMILES string of the molecule is CCCCCCOC[C@H](C[C@@H](O)c1nc(C(=O)OCC)cs1)C(C)C. The van der Waals surface area contributed by atoms with Crippen molar-refractivity contribution in [3.05, 3.63) is 16.1 Å². The Morgan fingerprint density at radius 1 is 1.28 bits per heavy atom. The Kier molecular flexibility index (Phi) is 10.9. The lowest BCUT2D eigenvalue weighted by Gasteiger charge is -2.23. The number of unbranched alkanes of at least 4 members (excludes halogenated alkanes) is 3. The summed E-state index contributed by atoms with van der Waals surface area (Å²) in [5.41, 5.74) is 0.272. The molecule has 0 saturated heterocycles. The third kappa shape index (κ3) is 8.29. The molecule has 1 heterocycles. The van der Waals surface area contributed by atoms with Gasteiger partial charge in [-0.05, 0) is 31.6 Å². The Morgan fingerprint density at radius 3 is 2.68 bits per heavy atom. The number of rotatable bonds is 13. The molecule has 1 aromatic heterocycles. The third-order valence-corrected chi connectivity index (χ3v) is 5.18. The molecule has 0 spiro atoms. The predicted octanol–water partition coefficient (Wildman–Crippen LogP) is 4.61. The number of aliphatic hydroxyl groups excluding tert-OH is 1. The molecule has 0 radical (unpaired) electrons. The fraction of sp³-hybridized carbons (Fsp3) is 0.789. The average molecular weight is 372 g/mol. The highest BCUT2D eigenvalue weighted by molar-refractivity contribution is 7.09. The molecular weight excluding hydrogens is 338 g/mol. The van der Waals surface area contributed by atoms with Gasteiger partial charge in [-0.3, -0.25) is 0 Å². The number of carbonyl (C=O) groups excluding carboxylic acids is 1.